The second-order valence-electron chi connectivity index (χ2n) is 8.97. The monoisotopic (exact) mass is 579 g/mol. The van der Waals surface area contributed by atoms with Crippen molar-refractivity contribution < 1.29 is 19.4 Å². The molecule has 4 aromatic carbocycles. The molecule has 0 fully saturated rings. The van der Waals surface area contributed by atoms with Crippen LogP contribution < -0.4 is 10.2 Å². The molecule has 0 aliphatic carbocycles. The van der Waals surface area contributed by atoms with E-state index in [4.69, 9.17) is 9.72 Å². The van der Waals surface area contributed by atoms with Gasteiger partial charge >= 0.3 is 5.97 Å². The molecule has 11 nitrogen and oxygen atoms in total. The summed E-state index contributed by atoms with van der Waals surface area (Å²) in [5.74, 6) is -0.424. The van der Waals surface area contributed by atoms with Gasteiger partial charge in [0.15, 0.2) is 0 Å². The van der Waals surface area contributed by atoms with Gasteiger partial charge < -0.3 is 4.74 Å². The zero-order valence-corrected chi connectivity index (χ0v) is 22.8. The number of anilines is 1. The maximum atomic E-state index is 12.6. The third-order valence-corrected chi connectivity index (χ3v) is 7.10. The topological polar surface area (TPSA) is 150 Å². The molecule has 0 aliphatic heterocycles. The van der Waals surface area contributed by atoms with Crippen LogP contribution in [0.15, 0.2) is 102 Å². The Bertz CT molecular complexity index is 1800. The Morgan fingerprint density at radius 3 is 2.10 bits per heavy atom. The number of hydrogen-bond donors (Lipinski definition) is 1. The minimum absolute atomic E-state index is 0.00366. The van der Waals surface area contributed by atoms with Crippen LogP contribution in [0.2, 0.25) is 0 Å². The van der Waals surface area contributed by atoms with E-state index < -0.39 is 15.8 Å². The van der Waals surface area contributed by atoms with Crippen LogP contribution in [0.4, 0.5) is 16.5 Å². The van der Waals surface area contributed by atoms with Crippen LogP contribution in [0.25, 0.3) is 21.7 Å². The molecule has 0 aliphatic rings. The summed E-state index contributed by atoms with van der Waals surface area (Å²) in [7, 11) is 0. The number of hydrogen-bond acceptors (Lipinski definition) is 10. The normalized spacial score (nSPS) is 10.9. The molecule has 208 valence electrons. The highest BCUT2D eigenvalue weighted by Crippen LogP contribution is 2.39. The number of thiazole rings is 1. The maximum Gasteiger partial charge on any atom is 0.343 e. The van der Waals surface area contributed by atoms with E-state index in [-0.39, 0.29) is 22.7 Å². The number of para-hydroxylation sites is 1. The summed E-state index contributed by atoms with van der Waals surface area (Å²) in [4.78, 5) is 39.2. The lowest BCUT2D eigenvalue weighted by Gasteiger charge is -2.07. The molecule has 1 heterocycles. The molecule has 5 aromatic rings. The van der Waals surface area contributed by atoms with E-state index in [2.05, 4.69) is 10.5 Å². The second kappa shape index (κ2) is 12.2. The largest absolute Gasteiger partial charge is 0.422 e. The summed E-state index contributed by atoms with van der Waals surface area (Å²) in [6.07, 6.45) is 1.48. The second-order valence-corrected chi connectivity index (χ2v) is 9.97. The van der Waals surface area contributed by atoms with Crippen molar-refractivity contribution in [1.29, 1.82) is 0 Å². The summed E-state index contributed by atoms with van der Waals surface area (Å²) < 4.78 is 5.52. The molecule has 12 heteroatoms. The Kier molecular flexibility index (Phi) is 8.07. The number of nitrogens with zero attached hydrogens (tertiary/aromatic N) is 4. The SMILES string of the molecule is Cc1ccc(-c2nc(N/N=C\c3ccccc3OC(=O)c3ccc([N+](=O)[O-])cc3)sc2-c2ccc([N+](=O)[O-])cc2)cc1. The number of hydrazone groups is 1. The van der Waals surface area contributed by atoms with Gasteiger partial charge in [-0.15, -0.1) is 0 Å². The molecule has 0 amide bonds. The van der Waals surface area contributed by atoms with E-state index in [0.29, 0.717) is 16.4 Å². The highest BCUT2D eigenvalue weighted by molar-refractivity contribution is 7.19. The van der Waals surface area contributed by atoms with Gasteiger partial charge in [-0.1, -0.05) is 53.3 Å². The highest BCUT2D eigenvalue weighted by atomic mass is 32.1. The molecule has 0 atom stereocenters. The molecule has 0 radical (unpaired) electrons. The van der Waals surface area contributed by atoms with Crippen LogP contribution >= 0.6 is 11.3 Å². The van der Waals surface area contributed by atoms with Gasteiger partial charge in [-0.3, -0.25) is 25.7 Å². The van der Waals surface area contributed by atoms with Crippen molar-refractivity contribution in [2.24, 2.45) is 5.10 Å². The first-order valence-electron chi connectivity index (χ1n) is 12.5. The Labute approximate surface area is 243 Å². The van der Waals surface area contributed by atoms with Crippen molar-refractivity contribution in [2.45, 2.75) is 6.92 Å². The molecule has 0 saturated heterocycles. The first kappa shape index (κ1) is 27.8. The summed E-state index contributed by atoms with van der Waals surface area (Å²) in [5.41, 5.74) is 6.91. The van der Waals surface area contributed by atoms with E-state index in [1.54, 1.807) is 36.4 Å². The zero-order chi connectivity index (χ0) is 29.6. The van der Waals surface area contributed by atoms with Gasteiger partial charge in [0.1, 0.15) is 5.75 Å². The maximum absolute atomic E-state index is 12.6. The predicted octanol–water partition coefficient (Wildman–Crippen LogP) is 7.27. The lowest BCUT2D eigenvalue weighted by Crippen LogP contribution is -2.10. The summed E-state index contributed by atoms with van der Waals surface area (Å²) >= 11 is 1.34. The van der Waals surface area contributed by atoms with Crippen molar-refractivity contribution >= 4 is 40.0 Å². The van der Waals surface area contributed by atoms with Gasteiger partial charge in [0.2, 0.25) is 5.13 Å². The summed E-state index contributed by atoms with van der Waals surface area (Å²) in [6, 6.07) is 26.1. The molecule has 1 N–H and O–H groups in total. The number of nitro groups is 2. The summed E-state index contributed by atoms with van der Waals surface area (Å²) in [5, 5.41) is 26.8. The Balaban J connectivity index is 1.37. The standard InChI is InChI=1S/C30H21N5O6S/c1-19-6-8-20(9-7-19)27-28(21-10-14-24(15-11-21)34(37)38)42-30(32-27)33-31-18-23-4-2-3-5-26(23)41-29(36)22-12-16-25(17-13-22)35(39)40/h2-18H,1H3,(H,32,33)/b31-18-. The molecular formula is C30H21N5O6S. The molecule has 0 unspecified atom stereocenters. The molecule has 0 saturated carbocycles. The number of nitro benzene ring substituents is 2. The molecule has 42 heavy (non-hydrogen) atoms. The van der Waals surface area contributed by atoms with Gasteiger partial charge in [0.05, 0.1) is 32.2 Å². The van der Waals surface area contributed by atoms with Crippen molar-refractivity contribution in [2.75, 3.05) is 5.43 Å². The lowest BCUT2D eigenvalue weighted by molar-refractivity contribution is -0.385. The predicted molar refractivity (Wildman–Crippen MR) is 160 cm³/mol. The number of aromatic nitrogens is 1. The molecule has 0 bridgehead atoms. The molecule has 0 spiro atoms. The van der Waals surface area contributed by atoms with Gasteiger partial charge in [-0.2, -0.15) is 5.10 Å². The van der Waals surface area contributed by atoms with Crippen LogP contribution in [-0.4, -0.2) is 27.0 Å². The number of benzene rings is 4. The van der Waals surface area contributed by atoms with Crippen molar-refractivity contribution in [3.8, 4) is 27.4 Å². The van der Waals surface area contributed by atoms with E-state index in [1.165, 1.54) is 53.9 Å². The summed E-state index contributed by atoms with van der Waals surface area (Å²) in [6.45, 7) is 1.99. The van der Waals surface area contributed by atoms with Crippen LogP contribution in [0.3, 0.4) is 0 Å². The zero-order valence-electron chi connectivity index (χ0n) is 22.0. The van der Waals surface area contributed by atoms with Gasteiger partial charge in [0, 0.05) is 35.4 Å². The Hall–Kier alpha value is -5.75. The molecule has 5 rings (SSSR count). The Morgan fingerprint density at radius 1 is 0.857 bits per heavy atom. The number of ether oxygens (including phenoxy) is 1. The van der Waals surface area contributed by atoms with Gasteiger partial charge in [-0.25, -0.2) is 9.78 Å². The van der Waals surface area contributed by atoms with Crippen LogP contribution in [-0.2, 0) is 0 Å². The number of nitrogens with one attached hydrogen (secondary N) is 1. The van der Waals surface area contributed by atoms with E-state index in [9.17, 15) is 25.0 Å². The fourth-order valence-electron chi connectivity index (χ4n) is 3.92. The van der Waals surface area contributed by atoms with Crippen LogP contribution in [0.5, 0.6) is 5.75 Å². The van der Waals surface area contributed by atoms with E-state index >= 15 is 0 Å². The number of carbonyl (C=O) groups is 1. The fourth-order valence-corrected chi connectivity index (χ4v) is 4.86. The van der Waals surface area contributed by atoms with Gasteiger partial charge in [-0.05, 0) is 48.9 Å². The third kappa shape index (κ3) is 6.35. The lowest BCUT2D eigenvalue weighted by atomic mass is 10.1. The van der Waals surface area contributed by atoms with Crippen molar-refractivity contribution in [3.63, 3.8) is 0 Å². The van der Waals surface area contributed by atoms with Crippen LogP contribution in [0.1, 0.15) is 21.5 Å². The number of aryl methyl sites for hydroxylation is 1. The molecular weight excluding hydrogens is 558 g/mol. The highest BCUT2D eigenvalue weighted by Gasteiger charge is 2.17. The first-order valence-corrected chi connectivity index (χ1v) is 13.3. The number of esters is 1. The fraction of sp³-hybridized carbons (Fsp3) is 0.0333. The van der Waals surface area contributed by atoms with E-state index in [1.807, 2.05) is 31.2 Å². The average molecular weight is 580 g/mol. The van der Waals surface area contributed by atoms with Crippen molar-refractivity contribution in [1.82, 2.24) is 4.98 Å². The minimum Gasteiger partial charge on any atom is -0.422 e. The quantitative estimate of drug-likeness (QED) is 0.0630. The van der Waals surface area contributed by atoms with E-state index in [0.717, 1.165) is 21.6 Å². The third-order valence-electron chi connectivity index (χ3n) is 6.09. The Morgan fingerprint density at radius 2 is 1.45 bits per heavy atom. The smallest absolute Gasteiger partial charge is 0.343 e. The average Bonchev–Trinajstić information content (AvgIpc) is 3.42. The number of non-ortho nitro benzene ring substituents is 2. The number of carbonyl (C=O) groups excluding carboxylic acids is 1. The first-order chi connectivity index (χ1) is 20.3. The van der Waals surface area contributed by atoms with Crippen molar-refractivity contribution in [3.05, 3.63) is 134 Å². The van der Waals surface area contributed by atoms with Gasteiger partial charge in [0.25, 0.3) is 11.4 Å². The number of rotatable bonds is 9. The minimum atomic E-state index is -0.672. The van der Waals surface area contributed by atoms with Crippen LogP contribution in [0, 0.1) is 27.2 Å². The molecule has 1 aromatic heterocycles.